The number of aliphatic hydroxyl groups excluding tert-OH is 1. The molecule has 2 N–H and O–H groups in total. The summed E-state index contributed by atoms with van der Waals surface area (Å²) in [6.07, 6.45) is 2.67. The van der Waals surface area contributed by atoms with Gasteiger partial charge in [0.25, 0.3) is 0 Å². The molecule has 6 nitrogen and oxygen atoms in total. The number of benzene rings is 1. The summed E-state index contributed by atoms with van der Waals surface area (Å²) in [6, 6.07) is 9.00. The van der Waals surface area contributed by atoms with Crippen molar-refractivity contribution in [3.05, 3.63) is 48.3 Å². The van der Waals surface area contributed by atoms with Crippen LogP contribution in [0, 0.1) is 0 Å². The number of sulfonamides is 1. The van der Waals surface area contributed by atoms with Crippen LogP contribution in [0.3, 0.4) is 0 Å². The van der Waals surface area contributed by atoms with Crippen LogP contribution in [-0.4, -0.2) is 29.9 Å². The SMILES string of the molecule is CC(NS(=O)(=O)c1cnn(CCO)c1)c1ccccc1. The van der Waals surface area contributed by atoms with Crippen LogP contribution in [0.4, 0.5) is 0 Å². The molecule has 0 spiro atoms. The molecule has 2 rings (SSSR count). The first kappa shape index (κ1) is 14.7. The molecule has 0 amide bonds. The first-order valence-corrected chi connectivity index (χ1v) is 7.72. The van der Waals surface area contributed by atoms with Crippen molar-refractivity contribution in [3.63, 3.8) is 0 Å². The summed E-state index contributed by atoms with van der Waals surface area (Å²) in [5.41, 5.74) is 0.888. The summed E-state index contributed by atoms with van der Waals surface area (Å²) in [4.78, 5) is 0.0914. The summed E-state index contributed by atoms with van der Waals surface area (Å²) in [6.45, 7) is 1.96. The average Bonchev–Trinajstić information content (AvgIpc) is 2.89. The third kappa shape index (κ3) is 3.44. The third-order valence-corrected chi connectivity index (χ3v) is 4.38. The molecule has 1 unspecified atom stereocenters. The van der Waals surface area contributed by atoms with Crippen molar-refractivity contribution < 1.29 is 13.5 Å². The highest BCUT2D eigenvalue weighted by molar-refractivity contribution is 7.89. The molecular formula is C13H17N3O3S. The molecule has 1 heterocycles. The van der Waals surface area contributed by atoms with Crippen LogP contribution >= 0.6 is 0 Å². The maximum atomic E-state index is 12.2. The van der Waals surface area contributed by atoms with Gasteiger partial charge in [0, 0.05) is 12.2 Å². The Bertz CT molecular complexity index is 653. The molecule has 0 saturated carbocycles. The Kier molecular flexibility index (Phi) is 4.53. The summed E-state index contributed by atoms with van der Waals surface area (Å²) >= 11 is 0. The van der Waals surface area contributed by atoms with Crippen molar-refractivity contribution in [1.82, 2.24) is 14.5 Å². The Balaban J connectivity index is 2.14. The van der Waals surface area contributed by atoms with Gasteiger partial charge < -0.3 is 5.11 Å². The van der Waals surface area contributed by atoms with Gasteiger partial charge in [0.1, 0.15) is 4.90 Å². The third-order valence-electron chi connectivity index (χ3n) is 2.88. The molecule has 0 aliphatic heterocycles. The first-order chi connectivity index (χ1) is 9.53. The van der Waals surface area contributed by atoms with E-state index in [1.54, 1.807) is 6.92 Å². The highest BCUT2D eigenvalue weighted by atomic mass is 32.2. The summed E-state index contributed by atoms with van der Waals surface area (Å²) in [5.74, 6) is 0. The smallest absolute Gasteiger partial charge is 0.244 e. The van der Waals surface area contributed by atoms with E-state index in [1.165, 1.54) is 17.1 Å². The number of rotatable bonds is 6. The summed E-state index contributed by atoms with van der Waals surface area (Å²) in [5, 5.41) is 12.7. The number of nitrogens with one attached hydrogen (secondary N) is 1. The van der Waals surface area contributed by atoms with E-state index in [0.717, 1.165) is 5.56 Å². The van der Waals surface area contributed by atoms with Crippen LogP contribution in [0.2, 0.25) is 0 Å². The van der Waals surface area contributed by atoms with Gasteiger partial charge in [-0.15, -0.1) is 0 Å². The van der Waals surface area contributed by atoms with Gasteiger partial charge in [-0.3, -0.25) is 4.68 Å². The number of hydrogen-bond donors (Lipinski definition) is 2. The highest BCUT2D eigenvalue weighted by Gasteiger charge is 2.20. The van der Waals surface area contributed by atoms with Crippen molar-refractivity contribution in [3.8, 4) is 0 Å². The lowest BCUT2D eigenvalue weighted by atomic mass is 10.1. The lowest BCUT2D eigenvalue weighted by Crippen LogP contribution is -2.26. The molecule has 20 heavy (non-hydrogen) atoms. The standard InChI is InChI=1S/C13H17N3O3S/c1-11(12-5-3-2-4-6-12)15-20(18,19)13-9-14-16(10-13)7-8-17/h2-6,9-11,15,17H,7-8H2,1H3. The number of aliphatic hydroxyl groups is 1. The quantitative estimate of drug-likeness (QED) is 0.830. The summed E-state index contributed by atoms with van der Waals surface area (Å²) < 4.78 is 28.4. The van der Waals surface area contributed by atoms with Gasteiger partial charge in [-0.2, -0.15) is 5.10 Å². The van der Waals surface area contributed by atoms with Crippen molar-refractivity contribution in [2.45, 2.75) is 24.4 Å². The second-order valence-corrected chi connectivity index (χ2v) is 6.13. The second kappa shape index (κ2) is 6.17. The molecule has 1 atom stereocenters. The van der Waals surface area contributed by atoms with Gasteiger partial charge in [0.15, 0.2) is 0 Å². The molecule has 108 valence electrons. The van der Waals surface area contributed by atoms with E-state index in [4.69, 9.17) is 5.11 Å². The molecule has 2 aromatic rings. The van der Waals surface area contributed by atoms with Gasteiger partial charge >= 0.3 is 0 Å². The van der Waals surface area contributed by atoms with E-state index in [0.29, 0.717) is 0 Å². The zero-order chi connectivity index (χ0) is 14.6. The average molecular weight is 295 g/mol. The molecule has 0 aliphatic rings. The van der Waals surface area contributed by atoms with Gasteiger partial charge in [-0.1, -0.05) is 30.3 Å². The van der Waals surface area contributed by atoms with Gasteiger partial charge in [0.05, 0.1) is 19.3 Å². The van der Waals surface area contributed by atoms with E-state index in [1.807, 2.05) is 30.3 Å². The minimum atomic E-state index is -3.62. The van der Waals surface area contributed by atoms with Crippen LogP contribution in [0.1, 0.15) is 18.5 Å². The van der Waals surface area contributed by atoms with Crippen LogP contribution in [-0.2, 0) is 16.6 Å². The molecule has 0 radical (unpaired) electrons. The highest BCUT2D eigenvalue weighted by Crippen LogP contribution is 2.16. The van der Waals surface area contributed by atoms with Gasteiger partial charge in [-0.25, -0.2) is 13.1 Å². The Morgan fingerprint density at radius 2 is 2.05 bits per heavy atom. The van der Waals surface area contributed by atoms with Crippen molar-refractivity contribution in [2.24, 2.45) is 0 Å². The van der Waals surface area contributed by atoms with E-state index in [-0.39, 0.29) is 24.1 Å². The van der Waals surface area contributed by atoms with Crippen LogP contribution in [0.5, 0.6) is 0 Å². The van der Waals surface area contributed by atoms with Gasteiger partial charge in [-0.05, 0) is 12.5 Å². The van der Waals surface area contributed by atoms with E-state index in [2.05, 4.69) is 9.82 Å². The fourth-order valence-corrected chi connectivity index (χ4v) is 3.00. The Hall–Kier alpha value is -1.70. The summed E-state index contributed by atoms with van der Waals surface area (Å²) in [7, 11) is -3.62. The Morgan fingerprint density at radius 3 is 2.70 bits per heavy atom. The van der Waals surface area contributed by atoms with E-state index in [9.17, 15) is 8.42 Å². The predicted molar refractivity (Wildman–Crippen MR) is 74.5 cm³/mol. The molecule has 0 aliphatic carbocycles. The fraction of sp³-hybridized carbons (Fsp3) is 0.308. The minimum Gasteiger partial charge on any atom is -0.394 e. The maximum Gasteiger partial charge on any atom is 0.244 e. The van der Waals surface area contributed by atoms with Crippen molar-refractivity contribution in [1.29, 1.82) is 0 Å². The minimum absolute atomic E-state index is 0.0883. The van der Waals surface area contributed by atoms with E-state index < -0.39 is 10.0 Å². The second-order valence-electron chi connectivity index (χ2n) is 4.42. The maximum absolute atomic E-state index is 12.2. The lowest BCUT2D eigenvalue weighted by molar-refractivity contribution is 0.269. The first-order valence-electron chi connectivity index (χ1n) is 6.23. The normalized spacial score (nSPS) is 13.3. The molecule has 1 aromatic heterocycles. The molecule has 0 saturated heterocycles. The lowest BCUT2D eigenvalue weighted by Gasteiger charge is -2.13. The molecule has 0 fully saturated rings. The van der Waals surface area contributed by atoms with Crippen molar-refractivity contribution in [2.75, 3.05) is 6.61 Å². The number of aromatic nitrogens is 2. The monoisotopic (exact) mass is 295 g/mol. The molecular weight excluding hydrogens is 278 g/mol. The predicted octanol–water partition coefficient (Wildman–Crippen LogP) is 0.915. The zero-order valence-corrected chi connectivity index (χ0v) is 11.9. The van der Waals surface area contributed by atoms with Crippen molar-refractivity contribution >= 4 is 10.0 Å². The number of nitrogens with zero attached hydrogens (tertiary/aromatic N) is 2. The zero-order valence-electron chi connectivity index (χ0n) is 11.1. The largest absolute Gasteiger partial charge is 0.394 e. The Labute approximate surface area is 118 Å². The van der Waals surface area contributed by atoms with Crippen LogP contribution in [0.15, 0.2) is 47.6 Å². The van der Waals surface area contributed by atoms with E-state index >= 15 is 0 Å². The molecule has 1 aromatic carbocycles. The van der Waals surface area contributed by atoms with Gasteiger partial charge in [0.2, 0.25) is 10.0 Å². The molecule has 7 heteroatoms. The topological polar surface area (TPSA) is 84.2 Å². The molecule has 0 bridgehead atoms. The van der Waals surface area contributed by atoms with Crippen LogP contribution < -0.4 is 4.72 Å². The Morgan fingerprint density at radius 1 is 1.35 bits per heavy atom. The van der Waals surface area contributed by atoms with Crippen LogP contribution in [0.25, 0.3) is 0 Å². The fourth-order valence-electron chi connectivity index (χ4n) is 1.82. The number of hydrogen-bond acceptors (Lipinski definition) is 4.